The molecular formula is C19H16N2O3. The Morgan fingerprint density at radius 3 is 2.67 bits per heavy atom. The average Bonchev–Trinajstić information content (AvgIpc) is 3.20. The zero-order valence-electron chi connectivity index (χ0n) is 13.0. The van der Waals surface area contributed by atoms with E-state index in [2.05, 4.69) is 5.32 Å². The molecule has 0 aromatic heterocycles. The smallest absolute Gasteiger partial charge is 0.255 e. The number of nitrogens with zero attached hydrogens (tertiary/aromatic N) is 1. The number of nitriles is 1. The molecule has 1 aliphatic carbocycles. The Kier molecular flexibility index (Phi) is 3.39. The second-order valence-electron chi connectivity index (χ2n) is 6.13. The van der Waals surface area contributed by atoms with Gasteiger partial charge < -0.3 is 14.8 Å². The van der Waals surface area contributed by atoms with Gasteiger partial charge in [-0.2, -0.15) is 5.26 Å². The molecule has 1 heterocycles. The van der Waals surface area contributed by atoms with Crippen LogP contribution in [-0.2, 0) is 0 Å². The maximum Gasteiger partial charge on any atom is 0.255 e. The van der Waals surface area contributed by atoms with Gasteiger partial charge in [0.1, 0.15) is 0 Å². The first kappa shape index (κ1) is 14.6. The van der Waals surface area contributed by atoms with E-state index in [1.807, 2.05) is 12.1 Å². The highest BCUT2D eigenvalue weighted by Crippen LogP contribution is 2.47. The number of rotatable bonds is 2. The molecule has 1 spiro atoms. The highest BCUT2D eigenvalue weighted by Gasteiger charge is 2.44. The first-order chi connectivity index (χ1) is 11.7. The fourth-order valence-electron chi connectivity index (χ4n) is 3.22. The molecule has 1 aliphatic heterocycles. The summed E-state index contributed by atoms with van der Waals surface area (Å²) in [6.07, 6.45) is 3.99. The van der Waals surface area contributed by atoms with Crippen molar-refractivity contribution in [3.8, 4) is 17.6 Å². The van der Waals surface area contributed by atoms with Crippen LogP contribution in [0.15, 0.2) is 42.5 Å². The van der Waals surface area contributed by atoms with Crippen LogP contribution in [0, 0.1) is 11.3 Å². The summed E-state index contributed by atoms with van der Waals surface area (Å²) in [5.41, 5.74) is 1.54. The number of hydrogen-bond donors (Lipinski definition) is 1. The SMILES string of the molecule is N#Cc1cccc(C(=O)Nc2ccc3c(c2)OC2(CCCC2)O3)c1. The van der Waals surface area contributed by atoms with Crippen molar-refractivity contribution in [2.24, 2.45) is 0 Å². The van der Waals surface area contributed by atoms with Crippen molar-refractivity contribution in [1.82, 2.24) is 0 Å². The Balaban J connectivity index is 1.52. The van der Waals surface area contributed by atoms with E-state index >= 15 is 0 Å². The van der Waals surface area contributed by atoms with Crippen molar-refractivity contribution in [2.45, 2.75) is 31.5 Å². The van der Waals surface area contributed by atoms with Gasteiger partial charge >= 0.3 is 0 Å². The summed E-state index contributed by atoms with van der Waals surface area (Å²) in [6, 6.07) is 14.0. The van der Waals surface area contributed by atoms with Crippen molar-refractivity contribution < 1.29 is 14.3 Å². The van der Waals surface area contributed by atoms with E-state index in [0.717, 1.165) is 31.4 Å². The van der Waals surface area contributed by atoms with Crippen molar-refractivity contribution in [3.63, 3.8) is 0 Å². The van der Waals surface area contributed by atoms with Crippen LogP contribution in [0.2, 0.25) is 0 Å². The van der Waals surface area contributed by atoms with Gasteiger partial charge in [0.15, 0.2) is 11.5 Å². The minimum atomic E-state index is -0.508. The Morgan fingerprint density at radius 1 is 1.08 bits per heavy atom. The zero-order valence-corrected chi connectivity index (χ0v) is 13.0. The molecule has 0 saturated heterocycles. The number of benzene rings is 2. The summed E-state index contributed by atoms with van der Waals surface area (Å²) in [5, 5.41) is 11.8. The second kappa shape index (κ2) is 5.57. The summed E-state index contributed by atoms with van der Waals surface area (Å²) in [6.45, 7) is 0. The Bertz CT molecular complexity index is 848. The molecule has 1 N–H and O–H groups in total. The maximum absolute atomic E-state index is 12.3. The molecule has 2 aromatic carbocycles. The highest BCUT2D eigenvalue weighted by molar-refractivity contribution is 6.04. The molecule has 2 aromatic rings. The number of carbonyl (C=O) groups excluding carboxylic acids is 1. The minimum absolute atomic E-state index is 0.262. The lowest BCUT2D eigenvalue weighted by Gasteiger charge is -2.21. The highest BCUT2D eigenvalue weighted by atomic mass is 16.7. The van der Waals surface area contributed by atoms with Gasteiger partial charge in [0.05, 0.1) is 11.6 Å². The third-order valence-corrected chi connectivity index (χ3v) is 4.41. The quantitative estimate of drug-likeness (QED) is 0.912. The molecular weight excluding hydrogens is 304 g/mol. The van der Waals surface area contributed by atoms with Crippen LogP contribution in [0.4, 0.5) is 5.69 Å². The van der Waals surface area contributed by atoms with Gasteiger partial charge in [-0.25, -0.2) is 0 Å². The van der Waals surface area contributed by atoms with Gasteiger partial charge in [-0.15, -0.1) is 0 Å². The lowest BCUT2D eigenvalue weighted by molar-refractivity contribution is -0.0716. The number of anilines is 1. The number of amides is 1. The number of nitrogens with one attached hydrogen (secondary N) is 1. The number of ether oxygens (including phenoxy) is 2. The molecule has 0 atom stereocenters. The van der Waals surface area contributed by atoms with E-state index in [1.54, 1.807) is 36.4 Å². The molecule has 5 heteroatoms. The molecule has 1 amide bonds. The minimum Gasteiger partial charge on any atom is -0.448 e. The monoisotopic (exact) mass is 320 g/mol. The van der Waals surface area contributed by atoms with Crippen LogP contribution >= 0.6 is 0 Å². The van der Waals surface area contributed by atoms with Crippen LogP contribution < -0.4 is 14.8 Å². The maximum atomic E-state index is 12.3. The van der Waals surface area contributed by atoms with Crippen LogP contribution in [0.25, 0.3) is 0 Å². The van der Waals surface area contributed by atoms with Crippen molar-refractivity contribution in [3.05, 3.63) is 53.6 Å². The summed E-state index contributed by atoms with van der Waals surface area (Å²) >= 11 is 0. The zero-order chi connectivity index (χ0) is 16.6. The molecule has 0 radical (unpaired) electrons. The third kappa shape index (κ3) is 2.56. The molecule has 120 valence electrons. The largest absolute Gasteiger partial charge is 0.448 e. The molecule has 0 unspecified atom stereocenters. The van der Waals surface area contributed by atoms with Crippen LogP contribution in [0.5, 0.6) is 11.5 Å². The summed E-state index contributed by atoms with van der Waals surface area (Å²) < 4.78 is 12.0. The van der Waals surface area contributed by atoms with Gasteiger partial charge in [0.25, 0.3) is 11.7 Å². The fourth-order valence-corrected chi connectivity index (χ4v) is 3.22. The lowest BCUT2D eigenvalue weighted by Crippen LogP contribution is -2.34. The number of carbonyl (C=O) groups is 1. The molecule has 4 rings (SSSR count). The lowest BCUT2D eigenvalue weighted by atomic mass is 10.1. The molecule has 5 nitrogen and oxygen atoms in total. The van der Waals surface area contributed by atoms with E-state index in [9.17, 15) is 4.79 Å². The van der Waals surface area contributed by atoms with Crippen LogP contribution in [-0.4, -0.2) is 11.7 Å². The average molecular weight is 320 g/mol. The predicted octanol–water partition coefficient (Wildman–Crippen LogP) is 3.85. The standard InChI is InChI=1S/C19H16N2O3/c20-12-13-4-3-5-14(10-13)18(22)21-15-6-7-16-17(11-15)24-19(23-16)8-1-2-9-19/h3-7,10-11H,1-2,8-9H2,(H,21,22). The Hall–Kier alpha value is -3.00. The summed E-state index contributed by atoms with van der Waals surface area (Å²) in [7, 11) is 0. The van der Waals surface area contributed by atoms with E-state index in [4.69, 9.17) is 14.7 Å². The summed E-state index contributed by atoms with van der Waals surface area (Å²) in [4.78, 5) is 12.3. The molecule has 2 aliphatic rings. The van der Waals surface area contributed by atoms with Gasteiger partial charge in [-0.1, -0.05) is 6.07 Å². The molecule has 1 fully saturated rings. The van der Waals surface area contributed by atoms with Gasteiger partial charge in [0.2, 0.25) is 0 Å². The topological polar surface area (TPSA) is 71.4 Å². The normalized spacial score (nSPS) is 16.8. The van der Waals surface area contributed by atoms with Crippen LogP contribution in [0.1, 0.15) is 41.6 Å². The molecule has 24 heavy (non-hydrogen) atoms. The Morgan fingerprint density at radius 2 is 1.88 bits per heavy atom. The van der Waals surface area contributed by atoms with Gasteiger partial charge in [-0.05, 0) is 43.2 Å². The summed E-state index contributed by atoms with van der Waals surface area (Å²) in [5.74, 6) is 0.620. The van der Waals surface area contributed by atoms with Gasteiger partial charge in [-0.3, -0.25) is 4.79 Å². The Labute approximate surface area is 139 Å². The predicted molar refractivity (Wildman–Crippen MR) is 88.0 cm³/mol. The first-order valence-corrected chi connectivity index (χ1v) is 8.01. The molecule has 1 saturated carbocycles. The number of fused-ring (bicyclic) bond motifs is 1. The van der Waals surface area contributed by atoms with Crippen molar-refractivity contribution >= 4 is 11.6 Å². The van der Waals surface area contributed by atoms with Crippen LogP contribution in [0.3, 0.4) is 0 Å². The van der Waals surface area contributed by atoms with Gasteiger partial charge in [0, 0.05) is 30.2 Å². The first-order valence-electron chi connectivity index (χ1n) is 8.01. The van der Waals surface area contributed by atoms with E-state index in [0.29, 0.717) is 22.6 Å². The number of hydrogen-bond acceptors (Lipinski definition) is 4. The van der Waals surface area contributed by atoms with Crippen molar-refractivity contribution in [1.29, 1.82) is 5.26 Å². The van der Waals surface area contributed by atoms with E-state index in [1.165, 1.54) is 0 Å². The van der Waals surface area contributed by atoms with E-state index in [-0.39, 0.29) is 5.91 Å². The fraction of sp³-hybridized carbons (Fsp3) is 0.263. The second-order valence-corrected chi connectivity index (χ2v) is 6.13. The van der Waals surface area contributed by atoms with E-state index < -0.39 is 5.79 Å². The molecule has 0 bridgehead atoms. The third-order valence-electron chi connectivity index (χ3n) is 4.41. The van der Waals surface area contributed by atoms with Crippen molar-refractivity contribution in [2.75, 3.05) is 5.32 Å².